The van der Waals surface area contributed by atoms with Crippen molar-refractivity contribution in [3.05, 3.63) is 66.0 Å². The van der Waals surface area contributed by atoms with Gasteiger partial charge in [-0.1, -0.05) is 30.3 Å². The number of carbonyl (C=O) groups excluding carboxylic acids is 2. The predicted octanol–water partition coefficient (Wildman–Crippen LogP) is 4.60. The monoisotopic (exact) mass is 456 g/mol. The fourth-order valence-corrected chi connectivity index (χ4v) is 4.37. The Morgan fingerprint density at radius 1 is 1.00 bits per heavy atom. The molecule has 2 heterocycles. The van der Waals surface area contributed by atoms with E-state index >= 15 is 0 Å². The SMILES string of the molecule is CC(C)(C)OC(=O)N1C[C@H](Oc2ccc(F)cc2)C2[C@H]1CCN2C(=O)OCc1ccccc1. The van der Waals surface area contributed by atoms with E-state index in [-0.39, 0.29) is 25.0 Å². The number of halogens is 1. The fourth-order valence-electron chi connectivity index (χ4n) is 4.37. The lowest BCUT2D eigenvalue weighted by molar-refractivity contribution is 0.0212. The van der Waals surface area contributed by atoms with Crippen LogP contribution >= 0.6 is 0 Å². The molecular formula is C25H29FN2O5. The van der Waals surface area contributed by atoms with Gasteiger partial charge in [0.15, 0.2) is 0 Å². The molecule has 3 atom stereocenters. The molecule has 0 radical (unpaired) electrons. The minimum Gasteiger partial charge on any atom is -0.486 e. The molecule has 2 amide bonds. The first kappa shape index (κ1) is 22.9. The van der Waals surface area contributed by atoms with Gasteiger partial charge in [-0.2, -0.15) is 0 Å². The van der Waals surface area contributed by atoms with Gasteiger partial charge >= 0.3 is 12.2 Å². The van der Waals surface area contributed by atoms with Gasteiger partial charge in [-0.15, -0.1) is 0 Å². The second-order valence-electron chi connectivity index (χ2n) is 9.32. The molecule has 33 heavy (non-hydrogen) atoms. The van der Waals surface area contributed by atoms with Gasteiger partial charge in [0.05, 0.1) is 18.6 Å². The third-order valence-corrected chi connectivity index (χ3v) is 5.75. The second-order valence-corrected chi connectivity index (χ2v) is 9.32. The third-order valence-electron chi connectivity index (χ3n) is 5.75. The van der Waals surface area contributed by atoms with E-state index in [0.29, 0.717) is 18.7 Å². The topological polar surface area (TPSA) is 68.3 Å². The number of benzene rings is 2. The van der Waals surface area contributed by atoms with E-state index in [9.17, 15) is 14.0 Å². The Hall–Kier alpha value is -3.29. The summed E-state index contributed by atoms with van der Waals surface area (Å²) in [5.74, 6) is 0.102. The van der Waals surface area contributed by atoms with E-state index in [0.717, 1.165) is 5.56 Å². The van der Waals surface area contributed by atoms with Crippen LogP contribution in [-0.4, -0.2) is 58.9 Å². The molecule has 7 nitrogen and oxygen atoms in total. The van der Waals surface area contributed by atoms with Crippen LogP contribution in [0.3, 0.4) is 0 Å². The summed E-state index contributed by atoms with van der Waals surface area (Å²) in [6, 6.07) is 14.5. The maximum Gasteiger partial charge on any atom is 0.410 e. The number of fused-ring (bicyclic) bond motifs is 1. The zero-order valence-corrected chi connectivity index (χ0v) is 19.1. The Morgan fingerprint density at radius 3 is 2.36 bits per heavy atom. The summed E-state index contributed by atoms with van der Waals surface area (Å²) >= 11 is 0. The van der Waals surface area contributed by atoms with Crippen LogP contribution in [0.25, 0.3) is 0 Å². The summed E-state index contributed by atoms with van der Waals surface area (Å²) < 4.78 is 30.6. The highest BCUT2D eigenvalue weighted by atomic mass is 19.1. The number of nitrogens with zero attached hydrogens (tertiary/aromatic N) is 2. The standard InChI is InChI=1S/C25H29FN2O5/c1-25(2,3)33-24(30)28-15-21(32-19-11-9-18(26)10-12-19)22-20(28)13-14-27(22)23(29)31-16-17-7-5-4-6-8-17/h4-12,20-22H,13-16H2,1-3H3/t20-,21+,22?/m1/s1. The highest BCUT2D eigenvalue weighted by molar-refractivity contribution is 5.72. The molecule has 2 fully saturated rings. The van der Waals surface area contributed by atoms with Crippen molar-refractivity contribution in [3.8, 4) is 5.75 Å². The Balaban J connectivity index is 1.51. The minimum absolute atomic E-state index is 0.160. The summed E-state index contributed by atoms with van der Waals surface area (Å²) in [6.07, 6.45) is -0.805. The molecule has 2 aliphatic heterocycles. The van der Waals surface area contributed by atoms with Crippen molar-refractivity contribution >= 4 is 12.2 Å². The molecule has 2 aromatic rings. The predicted molar refractivity (Wildman–Crippen MR) is 119 cm³/mol. The molecule has 2 aliphatic rings. The van der Waals surface area contributed by atoms with Crippen LogP contribution < -0.4 is 4.74 Å². The summed E-state index contributed by atoms with van der Waals surface area (Å²) in [5, 5.41) is 0. The second kappa shape index (κ2) is 9.29. The largest absolute Gasteiger partial charge is 0.486 e. The van der Waals surface area contributed by atoms with Crippen LogP contribution in [0.5, 0.6) is 5.75 Å². The molecule has 0 N–H and O–H groups in total. The normalized spacial score (nSPS) is 22.1. The highest BCUT2D eigenvalue weighted by Crippen LogP contribution is 2.35. The molecule has 2 aromatic carbocycles. The van der Waals surface area contributed by atoms with E-state index < -0.39 is 29.9 Å². The maximum absolute atomic E-state index is 13.3. The zero-order valence-electron chi connectivity index (χ0n) is 19.1. The van der Waals surface area contributed by atoms with E-state index in [4.69, 9.17) is 14.2 Å². The first-order chi connectivity index (χ1) is 15.7. The molecule has 0 spiro atoms. The molecular weight excluding hydrogens is 427 g/mol. The van der Waals surface area contributed by atoms with E-state index in [1.165, 1.54) is 24.3 Å². The minimum atomic E-state index is -0.643. The quantitative estimate of drug-likeness (QED) is 0.673. The van der Waals surface area contributed by atoms with Gasteiger partial charge < -0.3 is 14.2 Å². The van der Waals surface area contributed by atoms with Crippen molar-refractivity contribution in [1.29, 1.82) is 0 Å². The molecule has 0 bridgehead atoms. The van der Waals surface area contributed by atoms with E-state index in [1.54, 1.807) is 9.80 Å². The van der Waals surface area contributed by atoms with Crippen LogP contribution in [0.15, 0.2) is 54.6 Å². The zero-order chi connectivity index (χ0) is 23.6. The first-order valence-corrected chi connectivity index (χ1v) is 11.1. The van der Waals surface area contributed by atoms with Gasteiger partial charge in [0.2, 0.25) is 0 Å². The van der Waals surface area contributed by atoms with Gasteiger partial charge in [0.25, 0.3) is 0 Å². The lowest BCUT2D eigenvalue weighted by Gasteiger charge is -2.28. The van der Waals surface area contributed by atoms with Crippen molar-refractivity contribution in [3.63, 3.8) is 0 Å². The van der Waals surface area contributed by atoms with Crippen molar-refractivity contribution in [2.75, 3.05) is 13.1 Å². The van der Waals surface area contributed by atoms with E-state index in [1.807, 2.05) is 51.1 Å². The van der Waals surface area contributed by atoms with Gasteiger partial charge in [0.1, 0.15) is 29.9 Å². The summed E-state index contributed by atoms with van der Waals surface area (Å²) in [6.45, 7) is 6.29. The molecule has 0 aromatic heterocycles. The molecule has 176 valence electrons. The fraction of sp³-hybridized carbons (Fsp3) is 0.440. The Morgan fingerprint density at radius 2 is 1.70 bits per heavy atom. The van der Waals surface area contributed by atoms with Crippen LogP contribution in [0, 0.1) is 5.82 Å². The van der Waals surface area contributed by atoms with Crippen LogP contribution in [0.1, 0.15) is 32.8 Å². The average Bonchev–Trinajstić information content (AvgIpc) is 3.35. The van der Waals surface area contributed by atoms with E-state index in [2.05, 4.69) is 0 Å². The summed E-state index contributed by atoms with van der Waals surface area (Å²) in [7, 11) is 0. The molecule has 0 saturated carbocycles. The van der Waals surface area contributed by atoms with Gasteiger partial charge in [-0.05, 0) is 57.0 Å². The Bertz CT molecular complexity index is 977. The third kappa shape index (κ3) is 5.38. The van der Waals surface area contributed by atoms with Crippen LogP contribution in [-0.2, 0) is 16.1 Å². The van der Waals surface area contributed by atoms with Gasteiger partial charge in [-0.25, -0.2) is 14.0 Å². The van der Waals surface area contributed by atoms with Crippen LogP contribution in [0.2, 0.25) is 0 Å². The Kier molecular flexibility index (Phi) is 6.44. The summed E-state index contributed by atoms with van der Waals surface area (Å²) in [4.78, 5) is 29.1. The number of rotatable bonds is 4. The van der Waals surface area contributed by atoms with Gasteiger partial charge in [0, 0.05) is 6.54 Å². The number of carbonyl (C=O) groups is 2. The number of ether oxygens (including phenoxy) is 3. The van der Waals surface area contributed by atoms with Crippen molar-refractivity contribution in [2.45, 2.75) is 57.6 Å². The molecule has 8 heteroatoms. The molecule has 0 aliphatic carbocycles. The number of hydrogen-bond donors (Lipinski definition) is 0. The van der Waals surface area contributed by atoms with Crippen molar-refractivity contribution in [1.82, 2.24) is 9.80 Å². The first-order valence-electron chi connectivity index (χ1n) is 11.1. The summed E-state index contributed by atoms with van der Waals surface area (Å²) in [5.41, 5.74) is 0.248. The highest BCUT2D eigenvalue weighted by Gasteiger charge is 2.54. The van der Waals surface area contributed by atoms with Crippen molar-refractivity contribution in [2.24, 2.45) is 0 Å². The number of likely N-dealkylation sites (tertiary alicyclic amines) is 2. The average molecular weight is 457 g/mol. The number of amides is 2. The van der Waals surface area contributed by atoms with Crippen molar-refractivity contribution < 1.29 is 28.2 Å². The number of hydrogen-bond acceptors (Lipinski definition) is 5. The Labute approximate surface area is 193 Å². The lowest BCUT2D eigenvalue weighted by atomic mass is 10.1. The lowest BCUT2D eigenvalue weighted by Crippen LogP contribution is -2.47. The van der Waals surface area contributed by atoms with Gasteiger partial charge in [-0.3, -0.25) is 9.80 Å². The smallest absolute Gasteiger partial charge is 0.410 e. The molecule has 4 rings (SSSR count). The van der Waals surface area contributed by atoms with Crippen LogP contribution in [0.4, 0.5) is 14.0 Å². The molecule has 1 unspecified atom stereocenters. The maximum atomic E-state index is 13.3. The molecule has 2 saturated heterocycles.